The van der Waals surface area contributed by atoms with E-state index in [1.54, 1.807) is 66.7 Å². The van der Waals surface area contributed by atoms with Crippen LogP contribution in [0.4, 0.5) is 11.4 Å². The first kappa shape index (κ1) is 22.8. The SMILES string of the molecule is CCOc1ccc(NC(=O)c2cc3cc(N(C)S(=O)(=O)c4ccc(C)cc4)ccc3s2)cc1. The third-order valence-corrected chi connectivity index (χ3v) is 8.10. The number of benzene rings is 3. The highest BCUT2D eigenvalue weighted by molar-refractivity contribution is 7.92. The smallest absolute Gasteiger partial charge is 0.265 e. The number of carbonyl (C=O) groups is 1. The quantitative estimate of drug-likeness (QED) is 0.369. The number of ether oxygens (including phenoxy) is 1. The summed E-state index contributed by atoms with van der Waals surface area (Å²) in [5, 5.41) is 3.69. The molecular formula is C25H24N2O4S2. The van der Waals surface area contributed by atoms with E-state index in [0.29, 0.717) is 22.9 Å². The van der Waals surface area contributed by atoms with Crippen molar-refractivity contribution in [2.24, 2.45) is 0 Å². The topological polar surface area (TPSA) is 75.7 Å². The summed E-state index contributed by atoms with van der Waals surface area (Å²) in [5.41, 5.74) is 2.19. The lowest BCUT2D eigenvalue weighted by Crippen LogP contribution is -2.26. The lowest BCUT2D eigenvalue weighted by atomic mass is 10.2. The highest BCUT2D eigenvalue weighted by atomic mass is 32.2. The number of hydrogen-bond donors (Lipinski definition) is 1. The van der Waals surface area contributed by atoms with Crippen molar-refractivity contribution in [2.75, 3.05) is 23.3 Å². The summed E-state index contributed by atoms with van der Waals surface area (Å²) in [6, 6.07) is 21.1. The number of hydrogen-bond acceptors (Lipinski definition) is 5. The van der Waals surface area contributed by atoms with Crippen molar-refractivity contribution in [3.63, 3.8) is 0 Å². The van der Waals surface area contributed by atoms with Crippen LogP contribution < -0.4 is 14.4 Å². The minimum absolute atomic E-state index is 0.220. The molecule has 0 saturated heterocycles. The molecule has 0 atom stereocenters. The lowest BCUT2D eigenvalue weighted by molar-refractivity contribution is 0.103. The van der Waals surface area contributed by atoms with E-state index in [-0.39, 0.29) is 10.8 Å². The Hall–Kier alpha value is -3.36. The fraction of sp³-hybridized carbons (Fsp3) is 0.160. The van der Waals surface area contributed by atoms with Gasteiger partial charge >= 0.3 is 0 Å². The molecule has 4 rings (SSSR count). The molecule has 1 N–H and O–H groups in total. The molecule has 0 aliphatic carbocycles. The Balaban J connectivity index is 1.55. The number of nitrogens with zero attached hydrogens (tertiary/aromatic N) is 1. The maximum atomic E-state index is 13.0. The second-order valence-electron chi connectivity index (χ2n) is 7.53. The zero-order valence-corrected chi connectivity index (χ0v) is 20.2. The van der Waals surface area contributed by atoms with Crippen LogP contribution >= 0.6 is 11.3 Å². The van der Waals surface area contributed by atoms with E-state index in [1.165, 1.54) is 22.7 Å². The number of sulfonamides is 1. The molecule has 0 fully saturated rings. The highest BCUT2D eigenvalue weighted by Gasteiger charge is 2.22. The Morgan fingerprint density at radius 1 is 1.00 bits per heavy atom. The molecule has 170 valence electrons. The monoisotopic (exact) mass is 480 g/mol. The molecule has 0 unspecified atom stereocenters. The third-order valence-electron chi connectivity index (χ3n) is 5.19. The first-order valence-corrected chi connectivity index (χ1v) is 12.7. The van der Waals surface area contributed by atoms with Gasteiger partial charge in [-0.3, -0.25) is 9.10 Å². The summed E-state index contributed by atoms with van der Waals surface area (Å²) in [6.45, 7) is 4.41. The van der Waals surface area contributed by atoms with Crippen molar-refractivity contribution in [3.05, 3.63) is 83.2 Å². The summed E-state index contributed by atoms with van der Waals surface area (Å²) in [6.07, 6.45) is 0. The fourth-order valence-electron chi connectivity index (χ4n) is 3.34. The molecule has 0 spiro atoms. The highest BCUT2D eigenvalue weighted by Crippen LogP contribution is 2.31. The first-order valence-electron chi connectivity index (χ1n) is 10.4. The molecule has 0 aliphatic heterocycles. The average molecular weight is 481 g/mol. The molecule has 0 radical (unpaired) electrons. The number of rotatable bonds is 7. The number of aryl methyl sites for hydroxylation is 1. The minimum Gasteiger partial charge on any atom is -0.494 e. The van der Waals surface area contributed by atoms with Crippen LogP contribution in [0.5, 0.6) is 5.75 Å². The standard InChI is InChI=1S/C25H24N2O4S2/c1-4-31-21-10-7-19(8-11-21)26-25(28)24-16-18-15-20(9-14-23(18)32-24)27(3)33(29,30)22-12-5-17(2)6-13-22/h5-16H,4H2,1-3H3,(H,26,28). The molecule has 0 bridgehead atoms. The molecule has 1 amide bonds. The Kier molecular flexibility index (Phi) is 6.40. The summed E-state index contributed by atoms with van der Waals surface area (Å²) in [7, 11) is -2.16. The van der Waals surface area contributed by atoms with Gasteiger partial charge in [-0.25, -0.2) is 8.42 Å². The molecule has 6 nitrogen and oxygen atoms in total. The second-order valence-corrected chi connectivity index (χ2v) is 10.6. The summed E-state index contributed by atoms with van der Waals surface area (Å²) < 4.78 is 33.6. The van der Waals surface area contributed by atoms with Crippen molar-refractivity contribution in [2.45, 2.75) is 18.7 Å². The number of fused-ring (bicyclic) bond motifs is 1. The van der Waals surface area contributed by atoms with Gasteiger partial charge in [0.1, 0.15) is 5.75 Å². The predicted molar refractivity (Wildman–Crippen MR) is 134 cm³/mol. The molecule has 0 aliphatic rings. The van der Waals surface area contributed by atoms with Gasteiger partial charge in [-0.05, 0) is 79.9 Å². The van der Waals surface area contributed by atoms with Crippen LogP contribution in [-0.2, 0) is 10.0 Å². The minimum atomic E-state index is -3.69. The third kappa shape index (κ3) is 4.86. The Morgan fingerprint density at radius 2 is 1.70 bits per heavy atom. The van der Waals surface area contributed by atoms with Crippen LogP contribution in [-0.4, -0.2) is 28.0 Å². The zero-order chi connectivity index (χ0) is 23.6. The Labute approximate surface area is 197 Å². The van der Waals surface area contributed by atoms with E-state index in [2.05, 4.69) is 5.32 Å². The zero-order valence-electron chi connectivity index (χ0n) is 18.5. The normalized spacial score (nSPS) is 11.4. The summed E-state index contributed by atoms with van der Waals surface area (Å²) >= 11 is 1.36. The molecule has 1 heterocycles. The number of amides is 1. The largest absolute Gasteiger partial charge is 0.494 e. The van der Waals surface area contributed by atoms with Gasteiger partial charge in [-0.1, -0.05) is 17.7 Å². The van der Waals surface area contributed by atoms with Crippen LogP contribution in [0.3, 0.4) is 0 Å². The number of nitrogens with one attached hydrogen (secondary N) is 1. The number of anilines is 2. The van der Waals surface area contributed by atoms with Crippen LogP contribution in [0, 0.1) is 6.92 Å². The maximum absolute atomic E-state index is 13.0. The summed E-state index contributed by atoms with van der Waals surface area (Å²) in [5.74, 6) is 0.525. The van der Waals surface area contributed by atoms with Crippen molar-refractivity contribution >= 4 is 48.7 Å². The van der Waals surface area contributed by atoms with E-state index in [4.69, 9.17) is 4.74 Å². The Morgan fingerprint density at radius 3 is 2.36 bits per heavy atom. The van der Waals surface area contributed by atoms with E-state index < -0.39 is 10.0 Å². The lowest BCUT2D eigenvalue weighted by Gasteiger charge is -2.19. The van der Waals surface area contributed by atoms with Gasteiger partial charge in [0.25, 0.3) is 15.9 Å². The van der Waals surface area contributed by atoms with Crippen molar-refractivity contribution < 1.29 is 17.9 Å². The molecule has 33 heavy (non-hydrogen) atoms. The average Bonchev–Trinajstić information content (AvgIpc) is 3.24. The van der Waals surface area contributed by atoms with Gasteiger partial charge < -0.3 is 10.1 Å². The van der Waals surface area contributed by atoms with Gasteiger partial charge in [0.05, 0.1) is 22.1 Å². The van der Waals surface area contributed by atoms with Gasteiger partial charge in [0.15, 0.2) is 0 Å². The summed E-state index contributed by atoms with van der Waals surface area (Å²) in [4.78, 5) is 13.5. The number of thiophene rings is 1. The van der Waals surface area contributed by atoms with Crippen LogP contribution in [0.2, 0.25) is 0 Å². The fourth-order valence-corrected chi connectivity index (χ4v) is 5.47. The molecule has 8 heteroatoms. The van der Waals surface area contributed by atoms with E-state index in [1.807, 2.05) is 19.9 Å². The van der Waals surface area contributed by atoms with Crippen LogP contribution in [0.15, 0.2) is 77.7 Å². The van der Waals surface area contributed by atoms with Gasteiger partial charge in [-0.2, -0.15) is 0 Å². The molecule has 4 aromatic rings. The van der Waals surface area contributed by atoms with Crippen molar-refractivity contribution in [1.29, 1.82) is 0 Å². The van der Waals surface area contributed by atoms with E-state index in [0.717, 1.165) is 21.4 Å². The van der Waals surface area contributed by atoms with Gasteiger partial charge in [-0.15, -0.1) is 11.3 Å². The maximum Gasteiger partial charge on any atom is 0.265 e. The predicted octanol–water partition coefficient (Wildman–Crippen LogP) is 5.69. The van der Waals surface area contributed by atoms with Crippen molar-refractivity contribution in [3.8, 4) is 5.75 Å². The van der Waals surface area contributed by atoms with Crippen LogP contribution in [0.25, 0.3) is 10.1 Å². The van der Waals surface area contributed by atoms with Gasteiger partial charge in [0.2, 0.25) is 0 Å². The Bertz CT molecular complexity index is 1390. The van der Waals surface area contributed by atoms with Crippen molar-refractivity contribution in [1.82, 2.24) is 0 Å². The second kappa shape index (κ2) is 9.25. The van der Waals surface area contributed by atoms with Gasteiger partial charge in [0, 0.05) is 17.4 Å². The molecule has 1 aromatic heterocycles. The van der Waals surface area contributed by atoms with E-state index in [9.17, 15) is 13.2 Å². The molecule has 3 aromatic carbocycles. The van der Waals surface area contributed by atoms with E-state index >= 15 is 0 Å². The molecule has 0 saturated carbocycles. The first-order chi connectivity index (χ1) is 15.8. The van der Waals surface area contributed by atoms with Crippen LogP contribution in [0.1, 0.15) is 22.2 Å². The number of carbonyl (C=O) groups excluding carboxylic acids is 1. The molecular weight excluding hydrogens is 456 g/mol.